The molecular weight excluding hydrogens is 266 g/mol. The van der Waals surface area contributed by atoms with E-state index in [4.69, 9.17) is 10.5 Å². The van der Waals surface area contributed by atoms with Gasteiger partial charge in [-0.1, -0.05) is 0 Å². The number of esters is 1. The number of amides is 1. The summed E-state index contributed by atoms with van der Waals surface area (Å²) in [5, 5.41) is 12.8. The fourth-order valence-electron chi connectivity index (χ4n) is 1.24. The van der Waals surface area contributed by atoms with E-state index in [2.05, 4.69) is 5.32 Å². The second kappa shape index (κ2) is 6.62. The first kappa shape index (κ1) is 15.6. The number of carbonyl (C=O) groups excluding carboxylic acids is 2. The third-order valence-electron chi connectivity index (χ3n) is 2.39. The maximum Gasteiger partial charge on any atom is 0.333 e. The molecule has 0 spiro atoms. The number of hydrogen-bond donors (Lipinski definition) is 2. The van der Waals surface area contributed by atoms with Crippen LogP contribution in [-0.4, -0.2) is 28.9 Å². The normalized spacial score (nSPS) is 13.2. The highest BCUT2D eigenvalue weighted by atomic mass is 16.6. The summed E-state index contributed by atoms with van der Waals surface area (Å²) < 4.78 is 4.97. The lowest BCUT2D eigenvalue weighted by atomic mass is 10.2. The van der Waals surface area contributed by atoms with Crippen molar-refractivity contribution >= 4 is 17.6 Å². The molecule has 1 amide bonds. The molecule has 0 aliphatic carbocycles. The minimum Gasteiger partial charge on any atom is -0.425 e. The summed E-state index contributed by atoms with van der Waals surface area (Å²) >= 11 is 0. The highest BCUT2D eigenvalue weighted by Gasteiger charge is 2.19. The van der Waals surface area contributed by atoms with Gasteiger partial charge in [-0.25, -0.2) is 4.79 Å². The van der Waals surface area contributed by atoms with E-state index >= 15 is 0 Å². The standard InChI is InChI=1S/C12H15N3O5/c1-7(13)11(16)14-8(2)12(17)20-10-5-3-9(4-6-10)15(18)19/h3-8H,13H2,1-2H3,(H,14,16). The number of nitrogens with one attached hydrogen (secondary N) is 1. The Labute approximate surface area is 115 Å². The Morgan fingerprint density at radius 1 is 1.30 bits per heavy atom. The third kappa shape index (κ3) is 4.32. The summed E-state index contributed by atoms with van der Waals surface area (Å²) in [5.41, 5.74) is 5.25. The van der Waals surface area contributed by atoms with Crippen molar-refractivity contribution in [3.8, 4) is 5.75 Å². The highest BCUT2D eigenvalue weighted by Crippen LogP contribution is 2.17. The average Bonchev–Trinajstić information content (AvgIpc) is 2.38. The van der Waals surface area contributed by atoms with Crippen LogP contribution in [0.5, 0.6) is 5.75 Å². The van der Waals surface area contributed by atoms with Crippen molar-refractivity contribution in [3.05, 3.63) is 34.4 Å². The molecule has 2 atom stereocenters. The van der Waals surface area contributed by atoms with E-state index in [1.807, 2.05) is 0 Å². The lowest BCUT2D eigenvalue weighted by molar-refractivity contribution is -0.384. The van der Waals surface area contributed by atoms with Gasteiger partial charge in [-0.3, -0.25) is 14.9 Å². The van der Waals surface area contributed by atoms with Gasteiger partial charge >= 0.3 is 5.97 Å². The van der Waals surface area contributed by atoms with E-state index in [1.54, 1.807) is 0 Å². The molecule has 2 unspecified atom stereocenters. The van der Waals surface area contributed by atoms with Crippen LogP contribution >= 0.6 is 0 Å². The first-order valence-electron chi connectivity index (χ1n) is 5.83. The molecule has 0 aliphatic rings. The number of nitrogens with two attached hydrogens (primary N) is 1. The van der Waals surface area contributed by atoms with Crippen molar-refractivity contribution in [2.24, 2.45) is 5.73 Å². The number of non-ortho nitro benzene ring substituents is 1. The Kier molecular flexibility index (Phi) is 5.15. The van der Waals surface area contributed by atoms with E-state index < -0.39 is 28.9 Å². The molecule has 0 saturated carbocycles. The minimum absolute atomic E-state index is 0.108. The van der Waals surface area contributed by atoms with Gasteiger partial charge in [0.25, 0.3) is 5.69 Å². The van der Waals surface area contributed by atoms with Crippen molar-refractivity contribution in [2.45, 2.75) is 25.9 Å². The number of ether oxygens (including phenoxy) is 1. The maximum atomic E-state index is 11.7. The summed E-state index contributed by atoms with van der Waals surface area (Å²) in [7, 11) is 0. The predicted octanol–water partition coefficient (Wildman–Crippen LogP) is 0.352. The van der Waals surface area contributed by atoms with Crippen LogP contribution in [0.4, 0.5) is 5.69 Å². The van der Waals surface area contributed by atoms with Crippen LogP contribution in [-0.2, 0) is 9.59 Å². The number of nitrogens with zero attached hydrogens (tertiary/aromatic N) is 1. The molecule has 108 valence electrons. The SMILES string of the molecule is CC(N)C(=O)NC(C)C(=O)Oc1ccc([N+](=O)[O-])cc1. The van der Waals surface area contributed by atoms with Crippen molar-refractivity contribution in [3.63, 3.8) is 0 Å². The largest absolute Gasteiger partial charge is 0.425 e. The minimum atomic E-state index is -0.872. The Morgan fingerprint density at radius 2 is 1.85 bits per heavy atom. The second-order valence-corrected chi connectivity index (χ2v) is 4.19. The fourth-order valence-corrected chi connectivity index (χ4v) is 1.24. The van der Waals surface area contributed by atoms with Crippen LogP contribution in [0.25, 0.3) is 0 Å². The van der Waals surface area contributed by atoms with Gasteiger partial charge in [-0.2, -0.15) is 0 Å². The van der Waals surface area contributed by atoms with Crippen molar-refractivity contribution in [2.75, 3.05) is 0 Å². The Hall–Kier alpha value is -2.48. The molecule has 1 aromatic rings. The highest BCUT2D eigenvalue weighted by molar-refractivity contribution is 5.87. The van der Waals surface area contributed by atoms with E-state index in [1.165, 1.54) is 38.1 Å². The molecule has 0 bridgehead atoms. The van der Waals surface area contributed by atoms with Gasteiger partial charge in [0.05, 0.1) is 11.0 Å². The quantitative estimate of drug-likeness (QED) is 0.347. The first-order chi connectivity index (χ1) is 9.31. The van der Waals surface area contributed by atoms with E-state index in [0.717, 1.165) is 0 Å². The van der Waals surface area contributed by atoms with Gasteiger partial charge in [0, 0.05) is 12.1 Å². The van der Waals surface area contributed by atoms with E-state index in [9.17, 15) is 19.7 Å². The van der Waals surface area contributed by atoms with Crippen LogP contribution in [0, 0.1) is 10.1 Å². The summed E-state index contributed by atoms with van der Waals surface area (Å²) in [4.78, 5) is 32.9. The van der Waals surface area contributed by atoms with E-state index in [-0.39, 0.29) is 11.4 Å². The third-order valence-corrected chi connectivity index (χ3v) is 2.39. The zero-order valence-electron chi connectivity index (χ0n) is 11.0. The summed E-state index contributed by atoms with van der Waals surface area (Å²) in [6, 6.07) is 3.43. The number of nitro benzene ring substituents is 1. The molecule has 8 heteroatoms. The smallest absolute Gasteiger partial charge is 0.333 e. The van der Waals surface area contributed by atoms with Gasteiger partial charge < -0.3 is 15.8 Å². The van der Waals surface area contributed by atoms with Crippen LogP contribution in [0.2, 0.25) is 0 Å². The van der Waals surface area contributed by atoms with Crippen LogP contribution in [0.15, 0.2) is 24.3 Å². The summed E-state index contributed by atoms with van der Waals surface area (Å²) in [6.45, 7) is 2.94. The number of nitro groups is 1. The van der Waals surface area contributed by atoms with Gasteiger partial charge in [-0.05, 0) is 26.0 Å². The zero-order valence-corrected chi connectivity index (χ0v) is 11.0. The topological polar surface area (TPSA) is 125 Å². The van der Waals surface area contributed by atoms with Crippen molar-refractivity contribution in [1.82, 2.24) is 5.32 Å². The van der Waals surface area contributed by atoms with Crippen molar-refractivity contribution in [1.29, 1.82) is 0 Å². The lowest BCUT2D eigenvalue weighted by Gasteiger charge is -2.14. The summed E-state index contributed by atoms with van der Waals surface area (Å²) in [5.74, 6) is -1.01. The molecule has 0 aliphatic heterocycles. The van der Waals surface area contributed by atoms with E-state index in [0.29, 0.717) is 0 Å². The van der Waals surface area contributed by atoms with Gasteiger partial charge in [-0.15, -0.1) is 0 Å². The zero-order chi connectivity index (χ0) is 15.3. The summed E-state index contributed by atoms with van der Waals surface area (Å²) in [6.07, 6.45) is 0. The maximum absolute atomic E-state index is 11.7. The van der Waals surface area contributed by atoms with Gasteiger partial charge in [0.15, 0.2) is 0 Å². The molecule has 1 rings (SSSR count). The molecule has 1 aromatic carbocycles. The number of hydrogen-bond acceptors (Lipinski definition) is 6. The number of carbonyl (C=O) groups is 2. The fraction of sp³-hybridized carbons (Fsp3) is 0.333. The molecule has 0 heterocycles. The molecule has 3 N–H and O–H groups in total. The molecule has 8 nitrogen and oxygen atoms in total. The Morgan fingerprint density at radius 3 is 2.30 bits per heavy atom. The van der Waals surface area contributed by atoms with Crippen LogP contribution < -0.4 is 15.8 Å². The molecule has 20 heavy (non-hydrogen) atoms. The van der Waals surface area contributed by atoms with Gasteiger partial charge in [0.2, 0.25) is 5.91 Å². The second-order valence-electron chi connectivity index (χ2n) is 4.19. The molecule has 0 radical (unpaired) electrons. The first-order valence-corrected chi connectivity index (χ1v) is 5.83. The van der Waals surface area contributed by atoms with Crippen LogP contribution in [0.1, 0.15) is 13.8 Å². The van der Waals surface area contributed by atoms with Gasteiger partial charge in [0.1, 0.15) is 11.8 Å². The monoisotopic (exact) mass is 281 g/mol. The number of rotatable bonds is 5. The van der Waals surface area contributed by atoms with Crippen molar-refractivity contribution < 1.29 is 19.2 Å². The molecule has 0 fully saturated rings. The Balaban J connectivity index is 2.61. The molecule has 0 saturated heterocycles. The van der Waals surface area contributed by atoms with Crippen LogP contribution in [0.3, 0.4) is 0 Å². The lowest BCUT2D eigenvalue weighted by Crippen LogP contribution is -2.47. The predicted molar refractivity (Wildman–Crippen MR) is 70.0 cm³/mol. The Bertz CT molecular complexity index is 512. The molecular formula is C12H15N3O5. The molecule has 0 aromatic heterocycles. The average molecular weight is 281 g/mol. The number of benzene rings is 1.